The van der Waals surface area contributed by atoms with Gasteiger partial charge < -0.3 is 10.2 Å². The largest absolute Gasteiger partial charge is 0.352 e. The van der Waals surface area contributed by atoms with Crippen LogP contribution in [0.3, 0.4) is 0 Å². The summed E-state index contributed by atoms with van der Waals surface area (Å²) in [5.74, 6) is -0.0628. The molecular formula is C28H31FN2O2. The van der Waals surface area contributed by atoms with E-state index in [1.54, 1.807) is 12.1 Å². The number of nitrogens with zero attached hydrogens (tertiary/aromatic N) is 1. The molecule has 0 radical (unpaired) electrons. The van der Waals surface area contributed by atoms with E-state index in [9.17, 15) is 14.0 Å². The van der Waals surface area contributed by atoms with Crippen molar-refractivity contribution in [3.05, 3.63) is 101 Å². The smallest absolute Gasteiger partial charge is 0.227 e. The van der Waals surface area contributed by atoms with Crippen LogP contribution in [0.4, 0.5) is 10.1 Å². The van der Waals surface area contributed by atoms with Crippen LogP contribution >= 0.6 is 0 Å². The first-order valence-corrected chi connectivity index (χ1v) is 11.3. The summed E-state index contributed by atoms with van der Waals surface area (Å²) in [6.45, 7) is 6.99. The van der Waals surface area contributed by atoms with E-state index in [4.69, 9.17) is 0 Å². The third kappa shape index (κ3) is 7.28. The number of benzene rings is 3. The third-order valence-electron chi connectivity index (χ3n) is 5.49. The number of rotatable bonds is 9. The maximum atomic E-state index is 13.0. The molecule has 3 rings (SSSR count). The summed E-state index contributed by atoms with van der Waals surface area (Å²) in [7, 11) is 0. The molecule has 0 aliphatic heterocycles. The predicted molar refractivity (Wildman–Crippen MR) is 130 cm³/mol. The van der Waals surface area contributed by atoms with E-state index in [0.717, 1.165) is 27.9 Å². The van der Waals surface area contributed by atoms with E-state index in [1.165, 1.54) is 12.1 Å². The number of hydrogen-bond acceptors (Lipinski definition) is 2. The predicted octanol–water partition coefficient (Wildman–Crippen LogP) is 5.57. The Kier molecular flexibility index (Phi) is 8.36. The van der Waals surface area contributed by atoms with Crippen LogP contribution in [0.2, 0.25) is 0 Å². The van der Waals surface area contributed by atoms with Crippen LogP contribution in [-0.4, -0.2) is 11.8 Å². The van der Waals surface area contributed by atoms with Gasteiger partial charge in [-0.1, -0.05) is 62.4 Å². The molecule has 0 saturated heterocycles. The molecule has 0 fully saturated rings. The Morgan fingerprint density at radius 1 is 0.909 bits per heavy atom. The second kappa shape index (κ2) is 11.4. The van der Waals surface area contributed by atoms with Gasteiger partial charge in [0.25, 0.3) is 0 Å². The highest BCUT2D eigenvalue weighted by molar-refractivity contribution is 5.93. The number of aryl methyl sites for hydroxylation is 1. The normalized spacial score (nSPS) is 10.8. The Labute approximate surface area is 195 Å². The Bertz CT molecular complexity index is 1080. The summed E-state index contributed by atoms with van der Waals surface area (Å²) in [6, 6.07) is 21.7. The van der Waals surface area contributed by atoms with Crippen LogP contribution in [-0.2, 0) is 29.1 Å². The molecule has 172 valence electrons. The quantitative estimate of drug-likeness (QED) is 0.467. The van der Waals surface area contributed by atoms with Crippen LogP contribution in [0, 0.1) is 18.7 Å². The Balaban J connectivity index is 1.67. The van der Waals surface area contributed by atoms with Crippen molar-refractivity contribution in [2.24, 2.45) is 5.92 Å². The van der Waals surface area contributed by atoms with Gasteiger partial charge in [0, 0.05) is 18.7 Å². The summed E-state index contributed by atoms with van der Waals surface area (Å²) in [5, 5.41) is 2.86. The number of nitrogens with one attached hydrogen (secondary N) is 1. The Morgan fingerprint density at radius 2 is 1.55 bits per heavy atom. The van der Waals surface area contributed by atoms with Gasteiger partial charge >= 0.3 is 0 Å². The maximum Gasteiger partial charge on any atom is 0.227 e. The molecule has 0 saturated carbocycles. The van der Waals surface area contributed by atoms with Crippen molar-refractivity contribution in [2.75, 3.05) is 4.90 Å². The molecule has 0 bridgehead atoms. The summed E-state index contributed by atoms with van der Waals surface area (Å²) >= 11 is 0. The van der Waals surface area contributed by atoms with Crippen molar-refractivity contribution in [1.29, 1.82) is 0 Å². The number of carbonyl (C=O) groups excluding carboxylic acids is 2. The number of carbonyl (C=O) groups is 2. The summed E-state index contributed by atoms with van der Waals surface area (Å²) < 4.78 is 13.0. The third-order valence-corrected chi connectivity index (χ3v) is 5.49. The van der Waals surface area contributed by atoms with E-state index < -0.39 is 0 Å². The van der Waals surface area contributed by atoms with Crippen molar-refractivity contribution in [3.8, 4) is 0 Å². The highest BCUT2D eigenvalue weighted by atomic mass is 19.1. The van der Waals surface area contributed by atoms with Gasteiger partial charge in [-0.15, -0.1) is 0 Å². The standard InChI is InChI=1S/C28H31FN2O2/c1-20(2)16-28(33)31(19-24-7-5-4-6-21(24)3)26-14-10-22(11-15-26)17-27(32)30-18-23-8-12-25(29)13-9-23/h4-15,20H,16-19H2,1-3H3,(H,30,32). The molecule has 33 heavy (non-hydrogen) atoms. The molecule has 3 aromatic carbocycles. The Hall–Kier alpha value is -3.47. The molecule has 0 aliphatic rings. The second-order valence-electron chi connectivity index (χ2n) is 8.75. The molecule has 0 atom stereocenters. The van der Waals surface area contributed by atoms with Gasteiger partial charge in [0.1, 0.15) is 5.82 Å². The Morgan fingerprint density at radius 3 is 2.18 bits per heavy atom. The van der Waals surface area contributed by atoms with Crippen LogP contribution in [0.15, 0.2) is 72.8 Å². The lowest BCUT2D eigenvalue weighted by molar-refractivity contribution is -0.121. The SMILES string of the molecule is Cc1ccccc1CN(C(=O)CC(C)C)c1ccc(CC(=O)NCc2ccc(F)cc2)cc1. The first kappa shape index (κ1) is 24.2. The molecule has 0 heterocycles. The van der Waals surface area contributed by atoms with Gasteiger partial charge in [0.05, 0.1) is 13.0 Å². The van der Waals surface area contributed by atoms with Crippen LogP contribution < -0.4 is 10.2 Å². The first-order chi connectivity index (χ1) is 15.8. The van der Waals surface area contributed by atoms with Gasteiger partial charge in [-0.25, -0.2) is 4.39 Å². The van der Waals surface area contributed by atoms with Crippen LogP contribution in [0.25, 0.3) is 0 Å². The first-order valence-electron chi connectivity index (χ1n) is 11.3. The van der Waals surface area contributed by atoms with Crippen LogP contribution in [0.5, 0.6) is 0 Å². The molecule has 0 aliphatic carbocycles. The average Bonchev–Trinajstić information content (AvgIpc) is 2.78. The minimum absolute atomic E-state index is 0.0815. The number of anilines is 1. The summed E-state index contributed by atoms with van der Waals surface area (Å²) in [4.78, 5) is 27.2. The van der Waals surface area contributed by atoms with Crippen molar-refractivity contribution in [1.82, 2.24) is 5.32 Å². The molecular weight excluding hydrogens is 415 g/mol. The van der Waals surface area contributed by atoms with Gasteiger partial charge in [-0.2, -0.15) is 0 Å². The zero-order chi connectivity index (χ0) is 23.8. The van der Waals surface area contributed by atoms with E-state index in [0.29, 0.717) is 19.5 Å². The topological polar surface area (TPSA) is 49.4 Å². The summed E-state index contributed by atoms with van der Waals surface area (Å²) in [5.41, 5.74) is 4.78. The molecule has 0 aromatic heterocycles. The fourth-order valence-corrected chi connectivity index (χ4v) is 3.59. The highest BCUT2D eigenvalue weighted by Crippen LogP contribution is 2.22. The van der Waals surface area contributed by atoms with Crippen molar-refractivity contribution in [2.45, 2.75) is 46.7 Å². The fourth-order valence-electron chi connectivity index (χ4n) is 3.59. The summed E-state index contributed by atoms with van der Waals surface area (Å²) in [6.07, 6.45) is 0.707. The van der Waals surface area contributed by atoms with E-state index >= 15 is 0 Å². The lowest BCUT2D eigenvalue weighted by atomic mass is 10.1. The minimum atomic E-state index is -0.298. The average molecular weight is 447 g/mol. The fraction of sp³-hybridized carbons (Fsp3) is 0.286. The van der Waals surface area contributed by atoms with Crippen molar-refractivity contribution in [3.63, 3.8) is 0 Å². The molecule has 0 unspecified atom stereocenters. The van der Waals surface area contributed by atoms with Crippen molar-refractivity contribution >= 4 is 17.5 Å². The molecule has 3 aromatic rings. The molecule has 5 heteroatoms. The van der Waals surface area contributed by atoms with Gasteiger partial charge in [0.2, 0.25) is 11.8 Å². The monoisotopic (exact) mass is 446 g/mol. The van der Waals surface area contributed by atoms with Gasteiger partial charge in [0.15, 0.2) is 0 Å². The maximum absolute atomic E-state index is 13.0. The molecule has 0 spiro atoms. The zero-order valence-corrected chi connectivity index (χ0v) is 19.5. The van der Waals surface area contributed by atoms with E-state index in [2.05, 4.69) is 5.32 Å². The number of hydrogen-bond donors (Lipinski definition) is 1. The lowest BCUT2D eigenvalue weighted by Crippen LogP contribution is -2.31. The van der Waals surface area contributed by atoms with E-state index in [-0.39, 0.29) is 30.0 Å². The van der Waals surface area contributed by atoms with E-state index in [1.807, 2.05) is 74.2 Å². The van der Waals surface area contributed by atoms with Gasteiger partial charge in [-0.05, 0) is 59.4 Å². The second-order valence-corrected chi connectivity index (χ2v) is 8.75. The number of amides is 2. The lowest BCUT2D eigenvalue weighted by Gasteiger charge is -2.25. The van der Waals surface area contributed by atoms with Gasteiger partial charge in [-0.3, -0.25) is 9.59 Å². The molecule has 4 nitrogen and oxygen atoms in total. The molecule has 1 N–H and O–H groups in total. The van der Waals surface area contributed by atoms with Crippen molar-refractivity contribution < 1.29 is 14.0 Å². The molecule has 2 amide bonds. The zero-order valence-electron chi connectivity index (χ0n) is 19.5. The number of halogens is 1. The minimum Gasteiger partial charge on any atom is -0.352 e. The van der Waals surface area contributed by atoms with Crippen LogP contribution in [0.1, 0.15) is 42.5 Å². The highest BCUT2D eigenvalue weighted by Gasteiger charge is 2.18.